The lowest BCUT2D eigenvalue weighted by Gasteiger charge is -2.33. The Morgan fingerprint density at radius 3 is 2.59 bits per heavy atom. The van der Waals surface area contributed by atoms with Gasteiger partial charge in [-0.3, -0.25) is 10.1 Å². The Morgan fingerprint density at radius 1 is 1.47 bits per heavy atom. The lowest BCUT2D eigenvalue weighted by Crippen LogP contribution is -2.49. The van der Waals surface area contributed by atoms with Crippen molar-refractivity contribution in [1.82, 2.24) is 0 Å². The van der Waals surface area contributed by atoms with Crippen molar-refractivity contribution in [3.05, 3.63) is 32.7 Å². The molecule has 1 heterocycles. The van der Waals surface area contributed by atoms with Gasteiger partial charge in [0.2, 0.25) is 0 Å². The van der Waals surface area contributed by atoms with Crippen molar-refractivity contribution in [3.8, 4) is 0 Å². The summed E-state index contributed by atoms with van der Waals surface area (Å²) in [5, 5.41) is 11.4. The third kappa shape index (κ3) is 1.38. The second-order valence-corrected chi connectivity index (χ2v) is 5.15. The van der Waals surface area contributed by atoms with Crippen molar-refractivity contribution in [3.63, 3.8) is 0 Å². The summed E-state index contributed by atoms with van der Waals surface area (Å²) in [4.78, 5) is 11.1. The Kier molecular flexibility index (Phi) is 2.45. The fraction of sp³-hybridized carbons (Fsp3) is 0.667. The Balaban J connectivity index is 2.62. The van der Waals surface area contributed by atoms with Crippen LogP contribution in [0.1, 0.15) is 34.1 Å². The van der Waals surface area contributed by atoms with Crippen LogP contribution >= 0.6 is 0 Å². The molecule has 2 rings (SSSR count). The molecule has 1 saturated heterocycles. The van der Waals surface area contributed by atoms with Gasteiger partial charge in [0.1, 0.15) is 5.76 Å². The number of fused-ring (bicyclic) bond motifs is 1. The molecule has 0 bridgehead atoms. The van der Waals surface area contributed by atoms with E-state index in [9.17, 15) is 10.1 Å². The van der Waals surface area contributed by atoms with Crippen molar-refractivity contribution in [1.29, 1.82) is 0 Å². The number of hydrogen-bond acceptors (Lipinski definition) is 4. The van der Waals surface area contributed by atoms with Crippen LogP contribution in [-0.2, 0) is 4.74 Å². The summed E-state index contributed by atoms with van der Waals surface area (Å²) in [6, 6.07) is 0. The average Bonchev–Trinajstić information content (AvgIpc) is 2.66. The zero-order valence-electron chi connectivity index (χ0n) is 10.6. The molecular weight excluding hydrogens is 220 g/mol. The molecule has 0 aromatic carbocycles. The topological polar surface area (TPSA) is 78.4 Å². The van der Waals surface area contributed by atoms with Gasteiger partial charge in [0.05, 0.1) is 17.7 Å². The molecule has 1 aliphatic carbocycles. The first-order chi connectivity index (χ1) is 7.80. The summed E-state index contributed by atoms with van der Waals surface area (Å²) in [5.41, 5.74) is 6.87. The molecular formula is C12H18N2O3. The molecule has 0 aromatic rings. The lowest BCUT2D eigenvalue weighted by molar-refractivity contribution is -0.563. The van der Waals surface area contributed by atoms with E-state index >= 15 is 0 Å². The second kappa shape index (κ2) is 3.48. The first-order valence-corrected chi connectivity index (χ1v) is 5.79. The Hall–Kier alpha value is -1.52. The van der Waals surface area contributed by atoms with Gasteiger partial charge in [-0.1, -0.05) is 0 Å². The quantitative estimate of drug-likeness (QED) is 0.559. The van der Waals surface area contributed by atoms with Crippen molar-refractivity contribution < 1.29 is 9.66 Å². The van der Waals surface area contributed by atoms with E-state index in [1.807, 2.05) is 20.8 Å². The molecule has 2 N–H and O–H groups in total. The maximum atomic E-state index is 11.4. The number of hydrogen-bond donors (Lipinski definition) is 1. The number of rotatable bonds is 1. The van der Waals surface area contributed by atoms with Gasteiger partial charge in [0.25, 0.3) is 5.54 Å². The summed E-state index contributed by atoms with van der Waals surface area (Å²) in [6.45, 7) is 7.28. The van der Waals surface area contributed by atoms with Crippen LogP contribution in [0.25, 0.3) is 0 Å². The molecule has 1 fully saturated rings. The van der Waals surface area contributed by atoms with Crippen molar-refractivity contribution in [2.24, 2.45) is 11.7 Å². The van der Waals surface area contributed by atoms with E-state index in [0.29, 0.717) is 12.1 Å². The monoisotopic (exact) mass is 238 g/mol. The molecule has 0 spiro atoms. The fourth-order valence-corrected chi connectivity index (χ4v) is 2.80. The van der Waals surface area contributed by atoms with Crippen molar-refractivity contribution in [2.45, 2.75) is 45.8 Å². The van der Waals surface area contributed by atoms with Crippen LogP contribution in [0.5, 0.6) is 0 Å². The van der Waals surface area contributed by atoms with Gasteiger partial charge in [-0.15, -0.1) is 0 Å². The molecule has 0 radical (unpaired) electrons. The third-order valence-corrected chi connectivity index (χ3v) is 4.15. The largest absolute Gasteiger partial charge is 0.494 e. The first-order valence-electron chi connectivity index (χ1n) is 5.79. The maximum Gasteiger partial charge on any atom is 0.268 e. The molecule has 3 atom stereocenters. The minimum absolute atomic E-state index is 0.0166. The number of nitro groups is 1. The van der Waals surface area contributed by atoms with E-state index in [0.717, 1.165) is 16.9 Å². The van der Waals surface area contributed by atoms with E-state index in [-0.39, 0.29) is 16.9 Å². The van der Waals surface area contributed by atoms with Gasteiger partial charge in [-0.25, -0.2) is 0 Å². The fourth-order valence-electron chi connectivity index (χ4n) is 2.80. The van der Waals surface area contributed by atoms with E-state index in [1.54, 1.807) is 6.92 Å². The smallest absolute Gasteiger partial charge is 0.268 e. The average molecular weight is 238 g/mol. The maximum absolute atomic E-state index is 11.4. The van der Waals surface area contributed by atoms with Gasteiger partial charge in [-0.05, 0) is 31.9 Å². The van der Waals surface area contributed by atoms with Gasteiger partial charge in [-0.2, -0.15) is 0 Å². The minimum atomic E-state index is -1.23. The molecule has 94 valence electrons. The van der Waals surface area contributed by atoms with Gasteiger partial charge in [0, 0.05) is 18.3 Å². The Bertz CT molecular complexity index is 453. The molecule has 17 heavy (non-hydrogen) atoms. The predicted molar refractivity (Wildman–Crippen MR) is 63.6 cm³/mol. The summed E-state index contributed by atoms with van der Waals surface area (Å²) in [6.07, 6.45) is 0.668. The summed E-state index contributed by atoms with van der Waals surface area (Å²) in [5.74, 6) is 0.514. The number of nitrogens with two attached hydrogens (primary N) is 1. The predicted octanol–water partition coefficient (Wildman–Crippen LogP) is 1.97. The van der Waals surface area contributed by atoms with E-state index < -0.39 is 5.54 Å². The van der Waals surface area contributed by atoms with Crippen LogP contribution in [0, 0.1) is 16.0 Å². The standard InChI is InChI=1S/C12H18N2O3/c1-6-5-9-10(17-6)7(2)8(3)11(13)12(9,4)14(15)16/h6,9H,5,13H2,1-4H3. The number of nitrogens with zero attached hydrogens (tertiary/aromatic N) is 1. The van der Waals surface area contributed by atoms with Crippen LogP contribution in [0.4, 0.5) is 0 Å². The lowest BCUT2D eigenvalue weighted by atomic mass is 9.73. The molecule has 2 aliphatic rings. The van der Waals surface area contributed by atoms with E-state index in [1.165, 1.54) is 0 Å². The third-order valence-electron chi connectivity index (χ3n) is 4.15. The van der Waals surface area contributed by atoms with Gasteiger partial charge < -0.3 is 10.5 Å². The molecule has 1 aliphatic heterocycles. The van der Waals surface area contributed by atoms with Crippen LogP contribution in [-0.4, -0.2) is 16.6 Å². The summed E-state index contributed by atoms with van der Waals surface area (Å²) in [7, 11) is 0. The zero-order valence-corrected chi connectivity index (χ0v) is 10.6. The van der Waals surface area contributed by atoms with Crippen LogP contribution in [0.2, 0.25) is 0 Å². The second-order valence-electron chi connectivity index (χ2n) is 5.15. The highest BCUT2D eigenvalue weighted by atomic mass is 16.6. The molecule has 3 unspecified atom stereocenters. The highest BCUT2D eigenvalue weighted by Gasteiger charge is 2.57. The highest BCUT2D eigenvalue weighted by molar-refractivity contribution is 5.44. The molecule has 0 aromatic heterocycles. The Labute approximate surface area is 100 Å². The van der Waals surface area contributed by atoms with Crippen LogP contribution in [0.15, 0.2) is 22.6 Å². The molecule has 5 nitrogen and oxygen atoms in total. The van der Waals surface area contributed by atoms with Crippen molar-refractivity contribution >= 4 is 0 Å². The van der Waals surface area contributed by atoms with Crippen molar-refractivity contribution in [2.75, 3.05) is 0 Å². The van der Waals surface area contributed by atoms with E-state index in [2.05, 4.69) is 0 Å². The Morgan fingerprint density at radius 2 is 2.06 bits per heavy atom. The number of ether oxygens (including phenoxy) is 1. The van der Waals surface area contributed by atoms with E-state index in [4.69, 9.17) is 10.5 Å². The van der Waals surface area contributed by atoms with Gasteiger partial charge in [0.15, 0.2) is 0 Å². The normalized spacial score (nSPS) is 36.9. The molecule has 0 amide bonds. The zero-order chi connectivity index (χ0) is 13.0. The highest BCUT2D eigenvalue weighted by Crippen LogP contribution is 2.48. The minimum Gasteiger partial charge on any atom is -0.494 e. The molecule has 5 heteroatoms. The SMILES string of the molecule is CC1=C2OC(C)CC2C(C)([N+](=O)[O-])C(N)=C1C. The van der Waals surface area contributed by atoms with Crippen LogP contribution in [0.3, 0.4) is 0 Å². The summed E-state index contributed by atoms with van der Waals surface area (Å²) < 4.78 is 5.73. The summed E-state index contributed by atoms with van der Waals surface area (Å²) >= 11 is 0. The van der Waals surface area contributed by atoms with Crippen LogP contribution < -0.4 is 5.73 Å². The first kappa shape index (κ1) is 12.0. The molecule has 0 saturated carbocycles. The van der Waals surface area contributed by atoms with Gasteiger partial charge >= 0.3 is 0 Å². The number of allylic oxidation sites excluding steroid dienone is 2.